The number of methoxy groups -OCH3 is 1. The van der Waals surface area contributed by atoms with Crippen molar-refractivity contribution in [2.45, 2.75) is 19.4 Å². The van der Waals surface area contributed by atoms with Gasteiger partial charge in [0.2, 0.25) is 0 Å². The summed E-state index contributed by atoms with van der Waals surface area (Å²) >= 11 is 0. The Morgan fingerprint density at radius 2 is 2.18 bits per heavy atom. The molecule has 0 saturated carbocycles. The molecule has 0 spiro atoms. The first kappa shape index (κ1) is 14.2. The van der Waals surface area contributed by atoms with Crippen LogP contribution in [0.15, 0.2) is 12.4 Å². The van der Waals surface area contributed by atoms with E-state index < -0.39 is 0 Å². The Kier molecular flexibility index (Phi) is 7.62. The SMILES string of the molecule is COCCOCCCCNCc1cnn(C)c1. The second kappa shape index (κ2) is 9.15. The molecule has 0 aromatic carbocycles. The maximum Gasteiger partial charge on any atom is 0.0700 e. The normalized spacial score (nSPS) is 10.9. The van der Waals surface area contributed by atoms with Crippen LogP contribution in [0.3, 0.4) is 0 Å². The molecule has 5 heteroatoms. The predicted molar refractivity (Wildman–Crippen MR) is 66.8 cm³/mol. The van der Waals surface area contributed by atoms with Gasteiger partial charge in [-0.05, 0) is 19.4 Å². The highest BCUT2D eigenvalue weighted by Gasteiger charge is 1.95. The third kappa shape index (κ3) is 7.10. The first-order chi connectivity index (χ1) is 8.33. The summed E-state index contributed by atoms with van der Waals surface area (Å²) in [7, 11) is 3.62. The van der Waals surface area contributed by atoms with Crippen LogP contribution in [0.1, 0.15) is 18.4 Å². The molecule has 0 saturated heterocycles. The predicted octanol–water partition coefficient (Wildman–Crippen LogP) is 0.953. The minimum absolute atomic E-state index is 0.680. The summed E-state index contributed by atoms with van der Waals surface area (Å²) in [6.45, 7) is 4.09. The van der Waals surface area contributed by atoms with E-state index in [2.05, 4.69) is 10.4 Å². The molecule has 1 heterocycles. The van der Waals surface area contributed by atoms with Crippen molar-refractivity contribution in [3.8, 4) is 0 Å². The maximum absolute atomic E-state index is 5.38. The molecule has 0 aliphatic rings. The van der Waals surface area contributed by atoms with E-state index in [1.165, 1.54) is 5.56 Å². The van der Waals surface area contributed by atoms with Gasteiger partial charge in [-0.15, -0.1) is 0 Å². The van der Waals surface area contributed by atoms with Crippen molar-refractivity contribution in [3.05, 3.63) is 18.0 Å². The standard InChI is InChI=1S/C12H23N3O2/c1-15-11-12(10-14-15)9-13-5-3-4-6-17-8-7-16-2/h10-11,13H,3-9H2,1-2H3. The monoisotopic (exact) mass is 241 g/mol. The van der Waals surface area contributed by atoms with Crippen molar-refractivity contribution >= 4 is 0 Å². The molecular formula is C12H23N3O2. The maximum atomic E-state index is 5.38. The van der Waals surface area contributed by atoms with Gasteiger partial charge in [-0.25, -0.2) is 0 Å². The molecule has 1 aromatic rings. The molecule has 0 bridgehead atoms. The first-order valence-corrected chi connectivity index (χ1v) is 6.08. The van der Waals surface area contributed by atoms with Crippen molar-refractivity contribution in [2.24, 2.45) is 7.05 Å². The van der Waals surface area contributed by atoms with Crippen LogP contribution >= 0.6 is 0 Å². The third-order valence-electron chi connectivity index (χ3n) is 2.41. The molecule has 0 amide bonds. The first-order valence-electron chi connectivity index (χ1n) is 6.08. The van der Waals surface area contributed by atoms with Crippen LogP contribution in [-0.2, 0) is 23.1 Å². The summed E-state index contributed by atoms with van der Waals surface area (Å²) in [5.74, 6) is 0. The second-order valence-electron chi connectivity index (χ2n) is 4.01. The van der Waals surface area contributed by atoms with E-state index in [-0.39, 0.29) is 0 Å². The Bertz CT molecular complexity index is 289. The molecule has 5 nitrogen and oxygen atoms in total. The molecule has 98 valence electrons. The van der Waals surface area contributed by atoms with E-state index >= 15 is 0 Å². The van der Waals surface area contributed by atoms with E-state index in [1.807, 2.05) is 24.1 Å². The fourth-order valence-electron chi connectivity index (χ4n) is 1.49. The van der Waals surface area contributed by atoms with Crippen molar-refractivity contribution in [1.82, 2.24) is 15.1 Å². The van der Waals surface area contributed by atoms with Gasteiger partial charge < -0.3 is 14.8 Å². The molecule has 0 aliphatic heterocycles. The number of aromatic nitrogens is 2. The number of nitrogens with zero attached hydrogens (tertiary/aromatic N) is 2. The fraction of sp³-hybridized carbons (Fsp3) is 0.750. The second-order valence-corrected chi connectivity index (χ2v) is 4.01. The summed E-state index contributed by atoms with van der Waals surface area (Å²) in [4.78, 5) is 0. The van der Waals surface area contributed by atoms with Crippen LogP contribution in [0, 0.1) is 0 Å². The van der Waals surface area contributed by atoms with Crippen molar-refractivity contribution < 1.29 is 9.47 Å². The van der Waals surface area contributed by atoms with Gasteiger partial charge >= 0.3 is 0 Å². The highest BCUT2D eigenvalue weighted by Crippen LogP contribution is 1.95. The summed E-state index contributed by atoms with van der Waals surface area (Å²) < 4.78 is 12.1. The fourth-order valence-corrected chi connectivity index (χ4v) is 1.49. The van der Waals surface area contributed by atoms with Crippen molar-refractivity contribution in [3.63, 3.8) is 0 Å². The van der Waals surface area contributed by atoms with Crippen LogP contribution in [-0.4, -0.2) is 43.3 Å². The van der Waals surface area contributed by atoms with Crippen LogP contribution in [0.2, 0.25) is 0 Å². The van der Waals surface area contributed by atoms with Gasteiger partial charge in [0.25, 0.3) is 0 Å². The third-order valence-corrected chi connectivity index (χ3v) is 2.41. The summed E-state index contributed by atoms with van der Waals surface area (Å²) in [6, 6.07) is 0. The number of aryl methyl sites for hydroxylation is 1. The van der Waals surface area contributed by atoms with Crippen LogP contribution < -0.4 is 5.32 Å². The van der Waals surface area contributed by atoms with E-state index in [9.17, 15) is 0 Å². The highest BCUT2D eigenvalue weighted by atomic mass is 16.5. The molecular weight excluding hydrogens is 218 g/mol. The Labute approximate surface area is 103 Å². The molecule has 1 rings (SSSR count). The summed E-state index contributed by atoms with van der Waals surface area (Å²) in [5.41, 5.74) is 1.23. The molecule has 0 aliphatic carbocycles. The zero-order valence-corrected chi connectivity index (χ0v) is 10.8. The average molecular weight is 241 g/mol. The number of unbranched alkanes of at least 4 members (excludes halogenated alkanes) is 1. The lowest BCUT2D eigenvalue weighted by Crippen LogP contribution is -2.15. The molecule has 0 atom stereocenters. The number of rotatable bonds is 10. The topological polar surface area (TPSA) is 48.3 Å². The van der Waals surface area contributed by atoms with Crippen LogP contribution in [0.5, 0.6) is 0 Å². The lowest BCUT2D eigenvalue weighted by Gasteiger charge is -2.04. The largest absolute Gasteiger partial charge is 0.382 e. The number of hydrogen-bond donors (Lipinski definition) is 1. The van der Waals surface area contributed by atoms with Gasteiger partial charge in [0, 0.05) is 39.1 Å². The van der Waals surface area contributed by atoms with E-state index in [0.29, 0.717) is 13.2 Å². The van der Waals surface area contributed by atoms with E-state index in [4.69, 9.17) is 9.47 Å². The number of nitrogens with one attached hydrogen (secondary N) is 1. The minimum atomic E-state index is 0.680. The smallest absolute Gasteiger partial charge is 0.0700 e. The Morgan fingerprint density at radius 3 is 2.88 bits per heavy atom. The Balaban J connectivity index is 1.84. The van der Waals surface area contributed by atoms with E-state index in [1.54, 1.807) is 7.11 Å². The minimum Gasteiger partial charge on any atom is -0.382 e. The van der Waals surface area contributed by atoms with Gasteiger partial charge in [-0.3, -0.25) is 4.68 Å². The van der Waals surface area contributed by atoms with Gasteiger partial charge in [-0.1, -0.05) is 0 Å². The summed E-state index contributed by atoms with van der Waals surface area (Å²) in [6.07, 6.45) is 6.14. The molecule has 1 N–H and O–H groups in total. The summed E-state index contributed by atoms with van der Waals surface area (Å²) in [5, 5.41) is 7.50. The molecule has 0 unspecified atom stereocenters. The van der Waals surface area contributed by atoms with E-state index in [0.717, 1.165) is 32.5 Å². The zero-order valence-electron chi connectivity index (χ0n) is 10.8. The quantitative estimate of drug-likeness (QED) is 0.620. The van der Waals surface area contributed by atoms with Crippen LogP contribution in [0.4, 0.5) is 0 Å². The Hall–Kier alpha value is -0.910. The molecule has 17 heavy (non-hydrogen) atoms. The van der Waals surface area contributed by atoms with Gasteiger partial charge in [0.05, 0.1) is 19.4 Å². The average Bonchev–Trinajstić information content (AvgIpc) is 2.73. The lowest BCUT2D eigenvalue weighted by atomic mass is 10.3. The van der Waals surface area contributed by atoms with Crippen molar-refractivity contribution in [1.29, 1.82) is 0 Å². The van der Waals surface area contributed by atoms with Gasteiger partial charge in [0.15, 0.2) is 0 Å². The highest BCUT2D eigenvalue weighted by molar-refractivity contribution is 5.02. The number of ether oxygens (including phenoxy) is 2. The Morgan fingerprint density at radius 1 is 1.29 bits per heavy atom. The lowest BCUT2D eigenvalue weighted by molar-refractivity contribution is 0.0688. The zero-order chi connectivity index (χ0) is 12.3. The van der Waals surface area contributed by atoms with Gasteiger partial charge in [-0.2, -0.15) is 5.10 Å². The number of hydrogen-bond acceptors (Lipinski definition) is 4. The van der Waals surface area contributed by atoms with Gasteiger partial charge in [0.1, 0.15) is 0 Å². The molecule has 0 fully saturated rings. The van der Waals surface area contributed by atoms with Crippen LogP contribution in [0.25, 0.3) is 0 Å². The molecule has 1 aromatic heterocycles. The van der Waals surface area contributed by atoms with Crippen molar-refractivity contribution in [2.75, 3.05) is 33.5 Å². The molecule has 0 radical (unpaired) electrons.